The number of benzene rings is 2. The van der Waals surface area contributed by atoms with E-state index in [1.165, 1.54) is 13.2 Å². The molecular formula is C42H46F4N8O2. The number of nitrogens with zero attached hydrogens (tertiary/aromatic N) is 6. The molecule has 2 N–H and O–H groups in total. The SMILES string of the molecule is C#Cc1c(F)ccc2cccc(-c3nc4c5c(nc(OCC67CCCN6CCC7)nc5c3F)NCCNCC(CC)CCC4)c12.COc1ncncc1C(F)F. The van der Waals surface area contributed by atoms with Crippen LogP contribution in [-0.2, 0) is 6.42 Å². The summed E-state index contributed by atoms with van der Waals surface area (Å²) in [6.07, 6.45) is 13.4. The highest BCUT2D eigenvalue weighted by Gasteiger charge is 2.45. The van der Waals surface area contributed by atoms with Crippen LogP contribution in [0.4, 0.5) is 23.4 Å². The Labute approximate surface area is 323 Å². The third-order valence-corrected chi connectivity index (χ3v) is 11.3. The molecule has 8 rings (SSSR count). The Hall–Kier alpha value is -5.13. The molecule has 0 spiro atoms. The Kier molecular flexibility index (Phi) is 12.1. The van der Waals surface area contributed by atoms with Gasteiger partial charge in [0.25, 0.3) is 6.43 Å². The molecule has 0 bridgehead atoms. The van der Waals surface area contributed by atoms with Crippen LogP contribution in [0.25, 0.3) is 32.9 Å². The molecule has 0 saturated carbocycles. The van der Waals surface area contributed by atoms with Crippen LogP contribution in [0.5, 0.6) is 11.9 Å². The van der Waals surface area contributed by atoms with Crippen LogP contribution in [0.3, 0.4) is 0 Å². The van der Waals surface area contributed by atoms with Gasteiger partial charge < -0.3 is 20.1 Å². The molecule has 3 aliphatic heterocycles. The lowest BCUT2D eigenvalue weighted by Crippen LogP contribution is -2.43. The molecular weight excluding hydrogens is 725 g/mol. The second kappa shape index (κ2) is 17.3. The molecule has 1 unspecified atom stereocenters. The Morgan fingerprint density at radius 3 is 2.59 bits per heavy atom. The van der Waals surface area contributed by atoms with E-state index in [1.54, 1.807) is 12.1 Å². The largest absolute Gasteiger partial charge is 0.481 e. The lowest BCUT2D eigenvalue weighted by atomic mass is 9.94. The summed E-state index contributed by atoms with van der Waals surface area (Å²) in [6, 6.07) is 8.59. The van der Waals surface area contributed by atoms with Gasteiger partial charge in [-0.15, -0.1) is 6.42 Å². The van der Waals surface area contributed by atoms with Crippen molar-refractivity contribution in [1.29, 1.82) is 0 Å². The predicted molar refractivity (Wildman–Crippen MR) is 208 cm³/mol. The first kappa shape index (κ1) is 39.1. The van der Waals surface area contributed by atoms with Crippen molar-refractivity contribution < 1.29 is 27.0 Å². The number of halogens is 4. The minimum absolute atomic E-state index is 0.00555. The minimum atomic E-state index is -2.59. The van der Waals surface area contributed by atoms with Crippen LogP contribution in [0, 0.1) is 29.9 Å². The van der Waals surface area contributed by atoms with Crippen molar-refractivity contribution in [3.8, 4) is 35.5 Å². The molecule has 2 saturated heterocycles. The Morgan fingerprint density at radius 2 is 1.86 bits per heavy atom. The summed E-state index contributed by atoms with van der Waals surface area (Å²) in [5, 5.41) is 8.76. The van der Waals surface area contributed by atoms with Crippen molar-refractivity contribution in [3.05, 3.63) is 71.3 Å². The van der Waals surface area contributed by atoms with Crippen molar-refractivity contribution in [3.63, 3.8) is 0 Å². The average molecular weight is 771 g/mol. The third-order valence-electron chi connectivity index (χ3n) is 11.3. The predicted octanol–water partition coefficient (Wildman–Crippen LogP) is 7.90. The Balaban J connectivity index is 0.000000378. The molecule has 0 amide bonds. The number of fused-ring (bicyclic) bond motifs is 2. The van der Waals surface area contributed by atoms with E-state index in [0.29, 0.717) is 53.3 Å². The molecule has 6 heterocycles. The van der Waals surface area contributed by atoms with Gasteiger partial charge in [0.2, 0.25) is 5.88 Å². The van der Waals surface area contributed by atoms with Crippen LogP contribution < -0.4 is 20.1 Å². The van der Waals surface area contributed by atoms with Crippen molar-refractivity contribution in [1.82, 2.24) is 35.1 Å². The van der Waals surface area contributed by atoms with Gasteiger partial charge in [-0.25, -0.2) is 32.5 Å². The second-order valence-electron chi connectivity index (χ2n) is 14.6. The van der Waals surface area contributed by atoms with Crippen LogP contribution in [0.15, 0.2) is 42.9 Å². The number of methoxy groups -OCH3 is 1. The minimum Gasteiger partial charge on any atom is -0.481 e. The van der Waals surface area contributed by atoms with E-state index in [1.807, 2.05) is 12.1 Å². The van der Waals surface area contributed by atoms with E-state index in [9.17, 15) is 13.2 Å². The number of aryl methyl sites for hydroxylation is 1. The average Bonchev–Trinajstić information content (AvgIpc) is 3.80. The lowest BCUT2D eigenvalue weighted by Gasteiger charge is -2.31. The van der Waals surface area contributed by atoms with Crippen LogP contribution in [0.2, 0.25) is 0 Å². The zero-order chi connectivity index (χ0) is 39.2. The summed E-state index contributed by atoms with van der Waals surface area (Å²) in [5.74, 6) is 2.36. The molecule has 14 heteroatoms. The van der Waals surface area contributed by atoms with Crippen molar-refractivity contribution in [2.24, 2.45) is 5.92 Å². The number of hydrogen-bond acceptors (Lipinski definition) is 10. The monoisotopic (exact) mass is 770 g/mol. The number of nitrogens with one attached hydrogen (secondary N) is 2. The van der Waals surface area contributed by atoms with Crippen molar-refractivity contribution >= 4 is 27.5 Å². The summed E-state index contributed by atoms with van der Waals surface area (Å²) in [6.45, 7) is 7.14. The first-order chi connectivity index (χ1) is 27.3. The number of anilines is 1. The van der Waals surface area contributed by atoms with Gasteiger partial charge in [-0.3, -0.25) is 4.90 Å². The number of alkyl halides is 2. The molecule has 5 aromatic rings. The quantitative estimate of drug-likeness (QED) is 0.125. The molecule has 56 heavy (non-hydrogen) atoms. The van der Waals surface area contributed by atoms with Gasteiger partial charge in [0.15, 0.2) is 5.82 Å². The fourth-order valence-electron chi connectivity index (χ4n) is 8.36. The number of rotatable bonds is 7. The van der Waals surface area contributed by atoms with Gasteiger partial charge in [-0.1, -0.05) is 43.5 Å². The molecule has 2 fully saturated rings. The Bertz CT molecular complexity index is 2220. The summed E-state index contributed by atoms with van der Waals surface area (Å²) in [7, 11) is 1.29. The van der Waals surface area contributed by atoms with E-state index in [-0.39, 0.29) is 39.8 Å². The molecule has 3 aliphatic rings. The highest BCUT2D eigenvalue weighted by atomic mass is 19.3. The lowest BCUT2D eigenvalue weighted by molar-refractivity contribution is 0.108. The summed E-state index contributed by atoms with van der Waals surface area (Å²) < 4.78 is 66.9. The maximum absolute atomic E-state index is 17.0. The summed E-state index contributed by atoms with van der Waals surface area (Å²) in [5.41, 5.74) is 1.23. The number of ether oxygens (including phenoxy) is 2. The van der Waals surface area contributed by atoms with E-state index in [4.69, 9.17) is 26.1 Å². The van der Waals surface area contributed by atoms with Crippen molar-refractivity contribution in [2.45, 2.75) is 70.3 Å². The number of aromatic nitrogens is 5. The molecule has 294 valence electrons. The zero-order valence-electron chi connectivity index (χ0n) is 31.7. The number of hydrogen-bond donors (Lipinski definition) is 2. The molecule has 0 aliphatic carbocycles. The van der Waals surface area contributed by atoms with Crippen LogP contribution in [-0.4, -0.2) is 81.8 Å². The number of terminal acetylenes is 1. The first-order valence-electron chi connectivity index (χ1n) is 19.3. The topological polar surface area (TPSA) is 110 Å². The molecule has 10 nitrogen and oxygen atoms in total. The van der Waals surface area contributed by atoms with Gasteiger partial charge in [-0.2, -0.15) is 9.97 Å². The zero-order valence-corrected chi connectivity index (χ0v) is 31.7. The van der Waals surface area contributed by atoms with E-state index >= 15 is 4.39 Å². The summed E-state index contributed by atoms with van der Waals surface area (Å²) in [4.78, 5) is 24.0. The second-order valence-corrected chi connectivity index (χ2v) is 14.6. The maximum Gasteiger partial charge on any atom is 0.319 e. The van der Waals surface area contributed by atoms with Gasteiger partial charge in [0.05, 0.1) is 34.9 Å². The highest BCUT2D eigenvalue weighted by Crippen LogP contribution is 2.41. The van der Waals surface area contributed by atoms with Crippen LogP contribution >= 0.6 is 0 Å². The van der Waals surface area contributed by atoms with Gasteiger partial charge >= 0.3 is 6.01 Å². The molecule has 0 radical (unpaired) electrons. The van der Waals surface area contributed by atoms with E-state index in [2.05, 4.69) is 43.1 Å². The van der Waals surface area contributed by atoms with Gasteiger partial charge in [0, 0.05) is 30.2 Å². The fraction of sp³-hybridized carbons (Fsp3) is 0.452. The maximum atomic E-state index is 17.0. The van der Waals surface area contributed by atoms with Gasteiger partial charge in [-0.05, 0) is 82.0 Å². The standard InChI is InChI=1S/C36H40F2N6O.C6H6F2N2O/c1-3-23-9-5-12-28-30-33(31(38)32(41-28)26-11-6-10-24-13-14-27(37)25(4-2)29(24)26)42-35(43-34(30)40-18-17-39-21-23)45-22-36-15-7-19-44(36)20-8-16-36;1-11-6-4(5(7)8)2-9-3-10-6/h2,6,10-11,13-14,23,39H,3,5,7-9,12,15-22H2,1H3,(H,40,42,43);2-3,5H,1H3. The molecule has 3 aromatic heterocycles. The van der Waals surface area contributed by atoms with Crippen LogP contribution in [0.1, 0.15) is 75.1 Å². The number of pyridine rings is 1. The Morgan fingerprint density at radius 1 is 1.04 bits per heavy atom. The third kappa shape index (κ3) is 7.93. The smallest absolute Gasteiger partial charge is 0.319 e. The van der Waals surface area contributed by atoms with Gasteiger partial charge in [0.1, 0.15) is 35.8 Å². The molecule has 1 atom stereocenters. The van der Waals surface area contributed by atoms with Crippen molar-refractivity contribution in [2.75, 3.05) is 51.8 Å². The first-order valence-corrected chi connectivity index (χ1v) is 19.3. The molecule has 2 aromatic carbocycles. The highest BCUT2D eigenvalue weighted by molar-refractivity contribution is 6.02. The normalized spacial score (nSPS) is 18.3. The van der Waals surface area contributed by atoms with E-state index in [0.717, 1.165) is 89.0 Å². The van der Waals surface area contributed by atoms with E-state index < -0.39 is 18.1 Å². The summed E-state index contributed by atoms with van der Waals surface area (Å²) >= 11 is 0. The fourth-order valence-corrected chi connectivity index (χ4v) is 8.36.